The number of rotatable bonds is 9. The molecule has 1 aliphatic heterocycles. The average molecular weight is 434 g/mol. The fourth-order valence-corrected chi connectivity index (χ4v) is 4.13. The molecular weight excluding hydrogens is 406 g/mol. The predicted octanol–water partition coefficient (Wildman–Crippen LogP) is 1.95. The predicted molar refractivity (Wildman–Crippen MR) is 114 cm³/mol. The minimum atomic E-state index is -3.73. The molecule has 0 atom stereocenters. The summed E-state index contributed by atoms with van der Waals surface area (Å²) in [7, 11) is -3.73. The number of anilines is 1. The van der Waals surface area contributed by atoms with Gasteiger partial charge in [0.2, 0.25) is 10.0 Å². The zero-order valence-electron chi connectivity index (χ0n) is 17.0. The quantitative estimate of drug-likeness (QED) is 0.627. The van der Waals surface area contributed by atoms with Crippen molar-refractivity contribution in [2.45, 2.75) is 11.8 Å². The Balaban J connectivity index is 1.72. The van der Waals surface area contributed by atoms with Gasteiger partial charge in [0.05, 0.1) is 30.4 Å². The van der Waals surface area contributed by atoms with E-state index in [1.54, 1.807) is 30.3 Å². The minimum absolute atomic E-state index is 0.0660. The highest BCUT2D eigenvalue weighted by atomic mass is 32.2. The molecule has 8 nitrogen and oxygen atoms in total. The summed E-state index contributed by atoms with van der Waals surface area (Å²) in [4.78, 5) is 14.7. The first-order valence-corrected chi connectivity index (χ1v) is 11.4. The molecule has 9 heteroatoms. The van der Waals surface area contributed by atoms with E-state index in [0.717, 1.165) is 13.1 Å². The fraction of sp³-hybridized carbons (Fsp3) is 0.381. The van der Waals surface area contributed by atoms with Gasteiger partial charge in [-0.2, -0.15) is 0 Å². The van der Waals surface area contributed by atoms with Crippen LogP contribution in [0, 0.1) is 0 Å². The van der Waals surface area contributed by atoms with Crippen molar-refractivity contribution in [1.82, 2.24) is 9.62 Å². The standard InChI is InChI=1S/C21H27N3O5S/c1-2-29-20-9-8-18(16-19(20)23-21(25)17-6-4-3-5-7-17)30(26,27)22-10-11-24-12-14-28-15-13-24/h3-9,16,22H,2,10-15H2,1H3,(H,23,25). The van der Waals surface area contributed by atoms with E-state index in [0.29, 0.717) is 49.9 Å². The van der Waals surface area contributed by atoms with Gasteiger partial charge in [-0.1, -0.05) is 18.2 Å². The normalized spacial score (nSPS) is 15.0. The first-order chi connectivity index (χ1) is 14.5. The molecule has 0 unspecified atom stereocenters. The Morgan fingerprint density at radius 1 is 1.13 bits per heavy atom. The number of morpholine rings is 1. The first-order valence-electron chi connectivity index (χ1n) is 9.92. The number of benzene rings is 2. The van der Waals surface area contributed by atoms with Crippen LogP contribution in [0.15, 0.2) is 53.4 Å². The third-order valence-corrected chi connectivity index (χ3v) is 6.13. The van der Waals surface area contributed by atoms with Gasteiger partial charge in [0.15, 0.2) is 0 Å². The van der Waals surface area contributed by atoms with E-state index in [4.69, 9.17) is 9.47 Å². The van der Waals surface area contributed by atoms with Crippen LogP contribution in [0.2, 0.25) is 0 Å². The molecule has 3 rings (SSSR count). The van der Waals surface area contributed by atoms with Crippen LogP contribution in [0.3, 0.4) is 0 Å². The Labute approximate surface area is 177 Å². The molecule has 1 aliphatic rings. The first kappa shape index (κ1) is 22.2. The lowest BCUT2D eigenvalue weighted by atomic mass is 10.2. The fourth-order valence-electron chi connectivity index (χ4n) is 3.09. The summed E-state index contributed by atoms with van der Waals surface area (Å²) >= 11 is 0. The molecule has 0 aliphatic carbocycles. The maximum absolute atomic E-state index is 12.7. The van der Waals surface area contributed by atoms with Gasteiger partial charge in [-0.25, -0.2) is 13.1 Å². The van der Waals surface area contributed by atoms with Crippen molar-refractivity contribution in [3.05, 3.63) is 54.1 Å². The lowest BCUT2D eigenvalue weighted by Crippen LogP contribution is -2.41. The number of amides is 1. The van der Waals surface area contributed by atoms with Gasteiger partial charge in [-0.15, -0.1) is 0 Å². The minimum Gasteiger partial charge on any atom is -0.492 e. The Morgan fingerprint density at radius 3 is 2.57 bits per heavy atom. The summed E-state index contributed by atoms with van der Waals surface area (Å²) in [5.41, 5.74) is 0.776. The Bertz CT molecular complexity index is 944. The number of ether oxygens (including phenoxy) is 2. The highest BCUT2D eigenvalue weighted by molar-refractivity contribution is 7.89. The van der Waals surface area contributed by atoms with Crippen molar-refractivity contribution < 1.29 is 22.7 Å². The van der Waals surface area contributed by atoms with Crippen molar-refractivity contribution in [2.75, 3.05) is 51.3 Å². The molecule has 1 saturated heterocycles. The molecule has 162 valence electrons. The maximum atomic E-state index is 12.7. The monoisotopic (exact) mass is 433 g/mol. The molecule has 1 fully saturated rings. The third kappa shape index (κ3) is 6.02. The molecule has 30 heavy (non-hydrogen) atoms. The van der Waals surface area contributed by atoms with Gasteiger partial charge < -0.3 is 14.8 Å². The highest BCUT2D eigenvalue weighted by Crippen LogP contribution is 2.28. The van der Waals surface area contributed by atoms with Crippen molar-refractivity contribution in [3.63, 3.8) is 0 Å². The molecule has 0 radical (unpaired) electrons. The second kappa shape index (κ2) is 10.5. The summed E-state index contributed by atoms with van der Waals surface area (Å²) in [5.74, 6) is 0.0698. The Hall–Kier alpha value is -2.46. The number of hydrogen-bond acceptors (Lipinski definition) is 6. The second-order valence-electron chi connectivity index (χ2n) is 6.76. The number of nitrogens with one attached hydrogen (secondary N) is 2. The molecule has 0 aromatic heterocycles. The second-order valence-corrected chi connectivity index (χ2v) is 8.53. The van der Waals surface area contributed by atoms with Crippen LogP contribution in [-0.2, 0) is 14.8 Å². The van der Waals surface area contributed by atoms with Crippen LogP contribution < -0.4 is 14.8 Å². The van der Waals surface area contributed by atoms with Crippen LogP contribution in [0.25, 0.3) is 0 Å². The molecule has 2 aromatic rings. The Morgan fingerprint density at radius 2 is 1.87 bits per heavy atom. The molecule has 2 aromatic carbocycles. The van der Waals surface area contributed by atoms with Crippen LogP contribution in [0.4, 0.5) is 5.69 Å². The smallest absolute Gasteiger partial charge is 0.255 e. The van der Waals surface area contributed by atoms with Crippen molar-refractivity contribution >= 4 is 21.6 Å². The average Bonchev–Trinajstić information content (AvgIpc) is 2.76. The largest absolute Gasteiger partial charge is 0.492 e. The van der Waals surface area contributed by atoms with Crippen molar-refractivity contribution in [3.8, 4) is 5.75 Å². The molecule has 2 N–H and O–H groups in total. The van der Waals surface area contributed by atoms with Gasteiger partial charge >= 0.3 is 0 Å². The van der Waals surface area contributed by atoms with Crippen LogP contribution in [-0.4, -0.2) is 65.2 Å². The van der Waals surface area contributed by atoms with Crippen molar-refractivity contribution in [2.24, 2.45) is 0 Å². The maximum Gasteiger partial charge on any atom is 0.255 e. The molecule has 1 heterocycles. The SMILES string of the molecule is CCOc1ccc(S(=O)(=O)NCCN2CCOCC2)cc1NC(=O)c1ccccc1. The molecular formula is C21H27N3O5S. The van der Waals surface area contributed by atoms with Gasteiger partial charge in [-0.05, 0) is 37.3 Å². The van der Waals surface area contributed by atoms with E-state index in [1.807, 2.05) is 13.0 Å². The van der Waals surface area contributed by atoms with E-state index in [2.05, 4.69) is 14.9 Å². The number of hydrogen-bond donors (Lipinski definition) is 2. The van der Waals surface area contributed by atoms with E-state index in [9.17, 15) is 13.2 Å². The van der Waals surface area contributed by atoms with Gasteiger partial charge in [-0.3, -0.25) is 9.69 Å². The summed E-state index contributed by atoms with van der Waals surface area (Å²) in [6, 6.07) is 13.2. The number of nitrogens with zero attached hydrogens (tertiary/aromatic N) is 1. The van der Waals surface area contributed by atoms with Crippen molar-refractivity contribution in [1.29, 1.82) is 0 Å². The highest BCUT2D eigenvalue weighted by Gasteiger charge is 2.19. The number of carbonyl (C=O) groups is 1. The summed E-state index contributed by atoms with van der Waals surface area (Å²) < 4.78 is 39.0. The number of carbonyl (C=O) groups excluding carboxylic acids is 1. The van der Waals surface area contributed by atoms with E-state index < -0.39 is 10.0 Å². The van der Waals surface area contributed by atoms with Crippen LogP contribution >= 0.6 is 0 Å². The molecule has 0 bridgehead atoms. The summed E-state index contributed by atoms with van der Waals surface area (Å²) in [5, 5.41) is 2.75. The topological polar surface area (TPSA) is 97.0 Å². The van der Waals surface area contributed by atoms with Gasteiger partial charge in [0, 0.05) is 31.7 Å². The molecule has 0 saturated carbocycles. The van der Waals surface area contributed by atoms with E-state index in [1.165, 1.54) is 12.1 Å². The molecule has 0 spiro atoms. The Kier molecular flexibility index (Phi) is 7.81. The van der Waals surface area contributed by atoms with Gasteiger partial charge in [0.25, 0.3) is 5.91 Å². The zero-order chi connectivity index (χ0) is 21.4. The van der Waals surface area contributed by atoms with E-state index >= 15 is 0 Å². The van der Waals surface area contributed by atoms with Crippen LogP contribution in [0.5, 0.6) is 5.75 Å². The third-order valence-electron chi connectivity index (χ3n) is 4.67. The van der Waals surface area contributed by atoms with Gasteiger partial charge in [0.1, 0.15) is 5.75 Å². The van der Waals surface area contributed by atoms with Crippen LogP contribution in [0.1, 0.15) is 17.3 Å². The summed E-state index contributed by atoms with van der Waals surface area (Å²) in [6.07, 6.45) is 0. The summed E-state index contributed by atoms with van der Waals surface area (Å²) in [6.45, 7) is 6.02. The molecule has 1 amide bonds. The lowest BCUT2D eigenvalue weighted by molar-refractivity contribution is 0.0390. The number of sulfonamides is 1. The zero-order valence-corrected chi connectivity index (χ0v) is 17.8. The lowest BCUT2D eigenvalue weighted by Gasteiger charge is -2.26. The van der Waals surface area contributed by atoms with E-state index in [-0.39, 0.29) is 10.8 Å².